The Morgan fingerprint density at radius 2 is 2.04 bits per heavy atom. The Kier molecular flexibility index (Phi) is 5.21. The molecule has 1 aliphatic heterocycles. The van der Waals surface area contributed by atoms with Gasteiger partial charge in [0.25, 0.3) is 5.91 Å². The number of benzene rings is 1. The SMILES string of the molecule is CCN1CCN(c2cnc(C(=O)Nc3cccc(C#N)c3)cn2)CC1. The van der Waals surface area contributed by atoms with Crippen LogP contribution < -0.4 is 10.2 Å². The number of carbonyl (C=O) groups is 1. The van der Waals surface area contributed by atoms with Crippen molar-refractivity contribution in [3.8, 4) is 6.07 Å². The highest BCUT2D eigenvalue weighted by molar-refractivity contribution is 6.02. The van der Waals surface area contributed by atoms with Crippen molar-refractivity contribution in [3.63, 3.8) is 0 Å². The van der Waals surface area contributed by atoms with Crippen LogP contribution >= 0.6 is 0 Å². The molecule has 0 atom stereocenters. The first kappa shape index (κ1) is 16.9. The molecule has 0 saturated carbocycles. The molecule has 7 nitrogen and oxygen atoms in total. The number of anilines is 2. The number of hydrogen-bond acceptors (Lipinski definition) is 6. The number of rotatable bonds is 4. The first-order valence-corrected chi connectivity index (χ1v) is 8.30. The molecule has 1 fully saturated rings. The quantitative estimate of drug-likeness (QED) is 0.915. The summed E-state index contributed by atoms with van der Waals surface area (Å²) in [4.78, 5) is 25.5. The lowest BCUT2D eigenvalue weighted by Crippen LogP contribution is -2.46. The Balaban J connectivity index is 1.63. The van der Waals surface area contributed by atoms with Crippen LogP contribution in [-0.2, 0) is 0 Å². The minimum absolute atomic E-state index is 0.248. The van der Waals surface area contributed by atoms with Crippen molar-refractivity contribution in [2.24, 2.45) is 0 Å². The maximum atomic E-state index is 12.3. The van der Waals surface area contributed by atoms with Crippen molar-refractivity contribution < 1.29 is 4.79 Å². The van der Waals surface area contributed by atoms with E-state index in [9.17, 15) is 4.79 Å². The number of carbonyl (C=O) groups excluding carboxylic acids is 1. The molecular weight excluding hydrogens is 316 g/mol. The zero-order valence-corrected chi connectivity index (χ0v) is 14.1. The maximum Gasteiger partial charge on any atom is 0.275 e. The van der Waals surface area contributed by atoms with Gasteiger partial charge in [-0.3, -0.25) is 4.79 Å². The van der Waals surface area contributed by atoms with Gasteiger partial charge in [0.1, 0.15) is 11.5 Å². The molecule has 0 unspecified atom stereocenters. The predicted octanol–water partition coefficient (Wildman–Crippen LogP) is 1.74. The molecule has 0 radical (unpaired) electrons. The second-order valence-corrected chi connectivity index (χ2v) is 5.83. The van der Waals surface area contributed by atoms with E-state index in [1.54, 1.807) is 30.5 Å². The molecule has 2 heterocycles. The van der Waals surface area contributed by atoms with Gasteiger partial charge >= 0.3 is 0 Å². The Bertz CT molecular complexity index is 775. The van der Waals surface area contributed by atoms with Crippen LogP contribution in [0.5, 0.6) is 0 Å². The van der Waals surface area contributed by atoms with Gasteiger partial charge in [-0.15, -0.1) is 0 Å². The van der Waals surface area contributed by atoms with Crippen molar-refractivity contribution in [2.75, 3.05) is 42.9 Å². The fraction of sp³-hybridized carbons (Fsp3) is 0.333. The fourth-order valence-electron chi connectivity index (χ4n) is 2.76. The van der Waals surface area contributed by atoms with E-state index in [1.807, 2.05) is 6.07 Å². The number of likely N-dealkylation sites (N-methyl/N-ethyl adjacent to an activating group) is 1. The molecule has 128 valence electrons. The van der Waals surface area contributed by atoms with Gasteiger partial charge in [0.2, 0.25) is 0 Å². The smallest absolute Gasteiger partial charge is 0.275 e. The summed E-state index contributed by atoms with van der Waals surface area (Å²) in [5.74, 6) is 0.448. The highest BCUT2D eigenvalue weighted by Crippen LogP contribution is 2.14. The molecule has 3 rings (SSSR count). The second-order valence-electron chi connectivity index (χ2n) is 5.83. The zero-order valence-electron chi connectivity index (χ0n) is 14.1. The Hall–Kier alpha value is -2.98. The number of aromatic nitrogens is 2. The molecule has 1 aliphatic rings. The van der Waals surface area contributed by atoms with Crippen molar-refractivity contribution in [1.82, 2.24) is 14.9 Å². The van der Waals surface area contributed by atoms with Crippen LogP contribution in [-0.4, -0.2) is 53.5 Å². The van der Waals surface area contributed by atoms with Crippen LogP contribution in [0.2, 0.25) is 0 Å². The third-order valence-electron chi connectivity index (χ3n) is 4.26. The van der Waals surface area contributed by atoms with Crippen molar-refractivity contribution >= 4 is 17.4 Å². The van der Waals surface area contributed by atoms with Gasteiger partial charge in [0, 0.05) is 31.9 Å². The van der Waals surface area contributed by atoms with Crippen LogP contribution in [0.25, 0.3) is 0 Å². The molecule has 0 bridgehead atoms. The van der Waals surface area contributed by atoms with Gasteiger partial charge in [-0.1, -0.05) is 13.0 Å². The Morgan fingerprint density at radius 3 is 2.68 bits per heavy atom. The molecular formula is C18H20N6O. The molecule has 1 aromatic heterocycles. The van der Waals surface area contributed by atoms with Crippen LogP contribution in [0.1, 0.15) is 23.0 Å². The Morgan fingerprint density at radius 1 is 1.24 bits per heavy atom. The lowest BCUT2D eigenvalue weighted by Gasteiger charge is -2.34. The molecule has 1 saturated heterocycles. The van der Waals surface area contributed by atoms with Gasteiger partial charge in [0.15, 0.2) is 0 Å². The summed E-state index contributed by atoms with van der Waals surface area (Å²) in [5, 5.41) is 11.6. The van der Waals surface area contributed by atoms with Gasteiger partial charge in [-0.05, 0) is 24.7 Å². The molecule has 1 aromatic carbocycles. The molecule has 1 amide bonds. The van der Waals surface area contributed by atoms with E-state index < -0.39 is 0 Å². The van der Waals surface area contributed by atoms with E-state index in [0.717, 1.165) is 38.5 Å². The number of nitrogens with one attached hydrogen (secondary N) is 1. The van der Waals surface area contributed by atoms with Crippen molar-refractivity contribution in [2.45, 2.75) is 6.92 Å². The van der Waals surface area contributed by atoms with Gasteiger partial charge in [-0.25, -0.2) is 9.97 Å². The van der Waals surface area contributed by atoms with E-state index in [-0.39, 0.29) is 11.6 Å². The van der Waals surface area contributed by atoms with Crippen LogP contribution in [0.3, 0.4) is 0 Å². The number of piperazine rings is 1. The minimum Gasteiger partial charge on any atom is -0.353 e. The normalized spacial score (nSPS) is 14.8. The maximum absolute atomic E-state index is 12.3. The van der Waals surface area contributed by atoms with E-state index >= 15 is 0 Å². The molecule has 0 aliphatic carbocycles. The van der Waals surface area contributed by atoms with E-state index in [2.05, 4.69) is 32.0 Å². The van der Waals surface area contributed by atoms with E-state index in [0.29, 0.717) is 11.3 Å². The first-order valence-electron chi connectivity index (χ1n) is 8.30. The molecule has 2 aromatic rings. The van der Waals surface area contributed by atoms with Crippen LogP contribution in [0, 0.1) is 11.3 Å². The summed E-state index contributed by atoms with van der Waals surface area (Å²) in [6, 6.07) is 8.80. The van der Waals surface area contributed by atoms with Crippen LogP contribution in [0.15, 0.2) is 36.7 Å². The monoisotopic (exact) mass is 336 g/mol. The number of nitrogens with zero attached hydrogens (tertiary/aromatic N) is 5. The molecule has 7 heteroatoms. The average Bonchev–Trinajstić information content (AvgIpc) is 2.68. The summed E-state index contributed by atoms with van der Waals surface area (Å²) < 4.78 is 0. The second kappa shape index (κ2) is 7.73. The topological polar surface area (TPSA) is 85.1 Å². The number of hydrogen-bond donors (Lipinski definition) is 1. The standard InChI is InChI=1S/C18H20N6O/c1-2-23-6-8-24(9-7-23)17-13-20-16(12-21-17)18(25)22-15-5-3-4-14(10-15)11-19/h3-5,10,12-13H,2,6-9H2,1H3,(H,22,25). The largest absolute Gasteiger partial charge is 0.353 e. The minimum atomic E-state index is -0.343. The Labute approximate surface area is 146 Å². The molecule has 1 N–H and O–H groups in total. The summed E-state index contributed by atoms with van der Waals surface area (Å²) in [6.45, 7) is 7.07. The lowest BCUT2D eigenvalue weighted by molar-refractivity contribution is 0.102. The van der Waals surface area contributed by atoms with Crippen LogP contribution in [0.4, 0.5) is 11.5 Å². The fourth-order valence-corrected chi connectivity index (χ4v) is 2.76. The number of amides is 1. The summed E-state index contributed by atoms with van der Waals surface area (Å²) in [5.41, 5.74) is 1.30. The van der Waals surface area contributed by atoms with E-state index in [4.69, 9.17) is 5.26 Å². The average molecular weight is 336 g/mol. The summed E-state index contributed by atoms with van der Waals surface area (Å²) in [7, 11) is 0. The van der Waals surface area contributed by atoms with Gasteiger partial charge in [-0.2, -0.15) is 5.26 Å². The molecule has 0 spiro atoms. The first-order chi connectivity index (χ1) is 12.2. The third-order valence-corrected chi connectivity index (χ3v) is 4.26. The zero-order chi connectivity index (χ0) is 17.6. The van der Waals surface area contributed by atoms with Gasteiger partial charge in [0.05, 0.1) is 24.0 Å². The highest BCUT2D eigenvalue weighted by Gasteiger charge is 2.17. The highest BCUT2D eigenvalue weighted by atomic mass is 16.1. The third kappa shape index (κ3) is 4.11. The van der Waals surface area contributed by atoms with Gasteiger partial charge < -0.3 is 15.1 Å². The molecule has 25 heavy (non-hydrogen) atoms. The lowest BCUT2D eigenvalue weighted by atomic mass is 10.2. The van der Waals surface area contributed by atoms with Crippen molar-refractivity contribution in [3.05, 3.63) is 47.9 Å². The predicted molar refractivity (Wildman–Crippen MR) is 95.5 cm³/mol. The number of nitriles is 1. The van der Waals surface area contributed by atoms with E-state index in [1.165, 1.54) is 6.20 Å². The van der Waals surface area contributed by atoms with Crippen molar-refractivity contribution in [1.29, 1.82) is 5.26 Å². The summed E-state index contributed by atoms with van der Waals surface area (Å²) in [6.07, 6.45) is 3.13. The summed E-state index contributed by atoms with van der Waals surface area (Å²) >= 11 is 0.